The molecule has 0 aliphatic carbocycles. The highest BCUT2D eigenvalue weighted by atomic mass is 19.1. The van der Waals surface area contributed by atoms with E-state index in [4.69, 9.17) is 11.5 Å². The number of hydrogen-bond donors (Lipinski definition) is 2. The van der Waals surface area contributed by atoms with Crippen molar-refractivity contribution in [3.63, 3.8) is 0 Å². The fourth-order valence-electron chi connectivity index (χ4n) is 2.82. The van der Waals surface area contributed by atoms with Gasteiger partial charge in [0.1, 0.15) is 17.0 Å². The molecule has 2 aromatic carbocycles. The number of para-hydroxylation sites is 1. The first kappa shape index (κ1) is 14.1. The van der Waals surface area contributed by atoms with Gasteiger partial charge in [-0.2, -0.15) is 9.97 Å². The van der Waals surface area contributed by atoms with Crippen LogP contribution in [0.2, 0.25) is 0 Å². The Morgan fingerprint density at radius 1 is 0.958 bits per heavy atom. The largest absolute Gasteiger partial charge is 0.383 e. The lowest BCUT2D eigenvalue weighted by Gasteiger charge is -2.15. The van der Waals surface area contributed by atoms with Crippen molar-refractivity contribution in [1.82, 2.24) is 14.5 Å². The number of nitrogen functional groups attached to an aromatic ring is 2. The maximum Gasteiger partial charge on any atom is 0.224 e. The fraction of sp³-hybridized carbons (Fsp3) is 0. The fourth-order valence-corrected chi connectivity index (χ4v) is 2.82. The Labute approximate surface area is 135 Å². The summed E-state index contributed by atoms with van der Waals surface area (Å²) in [5.41, 5.74) is 12.9. The number of aromatic nitrogens is 3. The molecule has 0 aliphatic heterocycles. The van der Waals surface area contributed by atoms with Crippen molar-refractivity contribution in [3.05, 3.63) is 64.6 Å². The van der Waals surface area contributed by atoms with Gasteiger partial charge in [-0.05, 0) is 36.4 Å². The molecule has 4 aromatic rings. The third-order valence-electron chi connectivity index (χ3n) is 3.85. The second-order valence-corrected chi connectivity index (χ2v) is 5.32. The number of nitrogens with zero attached hydrogens (tertiary/aromatic N) is 3. The van der Waals surface area contributed by atoms with E-state index in [1.165, 1.54) is 12.1 Å². The van der Waals surface area contributed by atoms with Crippen molar-refractivity contribution in [1.29, 1.82) is 0 Å². The van der Waals surface area contributed by atoms with Crippen molar-refractivity contribution in [2.45, 2.75) is 0 Å². The average molecular weight is 321 g/mol. The van der Waals surface area contributed by atoms with Crippen LogP contribution in [-0.4, -0.2) is 14.5 Å². The molecule has 0 radical (unpaired) electrons. The van der Waals surface area contributed by atoms with Crippen LogP contribution in [0.15, 0.2) is 53.3 Å². The van der Waals surface area contributed by atoms with Gasteiger partial charge in [0, 0.05) is 11.1 Å². The highest BCUT2D eigenvalue weighted by molar-refractivity contribution is 5.98. The minimum absolute atomic E-state index is 0.0177. The summed E-state index contributed by atoms with van der Waals surface area (Å²) in [6, 6.07) is 12.9. The van der Waals surface area contributed by atoms with Crippen LogP contribution >= 0.6 is 0 Å². The molecule has 0 amide bonds. The second kappa shape index (κ2) is 5.02. The van der Waals surface area contributed by atoms with Gasteiger partial charge in [0.2, 0.25) is 11.4 Å². The molecule has 0 aliphatic rings. The third-order valence-corrected chi connectivity index (χ3v) is 3.85. The number of benzene rings is 2. The number of fused-ring (bicyclic) bond motifs is 2. The van der Waals surface area contributed by atoms with Crippen LogP contribution in [0.3, 0.4) is 0 Å². The van der Waals surface area contributed by atoms with E-state index < -0.39 is 0 Å². The molecule has 118 valence electrons. The number of halogens is 1. The first-order valence-corrected chi connectivity index (χ1v) is 7.18. The van der Waals surface area contributed by atoms with E-state index in [9.17, 15) is 9.18 Å². The van der Waals surface area contributed by atoms with Gasteiger partial charge in [0.15, 0.2) is 5.65 Å². The van der Waals surface area contributed by atoms with Crippen LogP contribution in [0.25, 0.3) is 27.6 Å². The zero-order chi connectivity index (χ0) is 16.8. The Balaban J connectivity index is 2.30. The van der Waals surface area contributed by atoms with Crippen molar-refractivity contribution in [2.75, 3.05) is 11.5 Å². The van der Waals surface area contributed by atoms with E-state index in [1.54, 1.807) is 34.9 Å². The molecule has 0 saturated carbocycles. The summed E-state index contributed by atoms with van der Waals surface area (Å²) in [4.78, 5) is 20.9. The van der Waals surface area contributed by atoms with Crippen LogP contribution in [0, 0.1) is 5.82 Å². The summed E-state index contributed by atoms with van der Waals surface area (Å²) < 4.78 is 15.0. The average Bonchev–Trinajstić information content (AvgIpc) is 2.56. The van der Waals surface area contributed by atoms with E-state index in [0.717, 1.165) is 0 Å². The van der Waals surface area contributed by atoms with Crippen LogP contribution in [0.4, 0.5) is 16.2 Å². The Morgan fingerprint density at radius 2 is 1.67 bits per heavy atom. The Bertz CT molecular complexity index is 1150. The molecule has 4 rings (SSSR count). The molecule has 24 heavy (non-hydrogen) atoms. The lowest BCUT2D eigenvalue weighted by Crippen LogP contribution is -2.15. The highest BCUT2D eigenvalue weighted by Gasteiger charge is 2.16. The van der Waals surface area contributed by atoms with Gasteiger partial charge in [-0.25, -0.2) is 4.39 Å². The molecule has 0 unspecified atom stereocenters. The minimum Gasteiger partial charge on any atom is -0.383 e. The summed E-state index contributed by atoms with van der Waals surface area (Å²) in [6.07, 6.45) is 0. The topological polar surface area (TPSA) is 99.8 Å². The Kier molecular flexibility index (Phi) is 2.96. The molecule has 0 bridgehead atoms. The van der Waals surface area contributed by atoms with Gasteiger partial charge in [-0.15, -0.1) is 0 Å². The van der Waals surface area contributed by atoms with E-state index in [0.29, 0.717) is 16.6 Å². The molecule has 0 atom stereocenters. The monoisotopic (exact) mass is 321 g/mol. The van der Waals surface area contributed by atoms with Gasteiger partial charge in [0.05, 0.1) is 5.52 Å². The molecular formula is C17H12FN5O. The second-order valence-electron chi connectivity index (χ2n) is 5.32. The molecule has 6 nitrogen and oxygen atoms in total. The lowest BCUT2D eigenvalue weighted by atomic mass is 10.1. The van der Waals surface area contributed by atoms with Crippen molar-refractivity contribution in [2.24, 2.45) is 0 Å². The van der Waals surface area contributed by atoms with Gasteiger partial charge >= 0.3 is 0 Å². The Hall–Kier alpha value is -3.48. The van der Waals surface area contributed by atoms with Gasteiger partial charge in [0.25, 0.3) is 0 Å². The summed E-state index contributed by atoms with van der Waals surface area (Å²) in [7, 11) is 0. The van der Waals surface area contributed by atoms with Gasteiger partial charge in [-0.1, -0.05) is 12.1 Å². The van der Waals surface area contributed by atoms with E-state index in [1.807, 2.05) is 6.07 Å². The van der Waals surface area contributed by atoms with E-state index >= 15 is 0 Å². The van der Waals surface area contributed by atoms with Crippen LogP contribution in [0.5, 0.6) is 0 Å². The third kappa shape index (κ3) is 1.98. The Morgan fingerprint density at radius 3 is 2.42 bits per heavy atom. The summed E-state index contributed by atoms with van der Waals surface area (Å²) in [6.45, 7) is 0. The molecule has 2 aromatic heterocycles. The standard InChI is InChI=1S/C17H12FN5O/c18-9-5-7-10(8-6-9)23-12-4-2-1-3-11(12)14(24)13-15(19)21-17(20)22-16(13)23/h1-8H,(H4,19,20,21,22). The SMILES string of the molecule is Nc1nc(N)c2c(=O)c3ccccc3n(-c3ccc(F)cc3)c2n1. The highest BCUT2D eigenvalue weighted by Crippen LogP contribution is 2.25. The maximum atomic E-state index is 13.3. The van der Waals surface area contributed by atoms with E-state index in [-0.39, 0.29) is 34.0 Å². The lowest BCUT2D eigenvalue weighted by molar-refractivity contribution is 0.627. The summed E-state index contributed by atoms with van der Waals surface area (Å²) >= 11 is 0. The van der Waals surface area contributed by atoms with Crippen LogP contribution < -0.4 is 16.9 Å². The van der Waals surface area contributed by atoms with E-state index in [2.05, 4.69) is 9.97 Å². The molecule has 0 saturated heterocycles. The molecule has 7 heteroatoms. The normalized spacial score (nSPS) is 11.2. The number of pyridine rings is 1. The predicted octanol–water partition coefficient (Wildman–Crippen LogP) is 2.24. The molecular weight excluding hydrogens is 309 g/mol. The summed E-state index contributed by atoms with van der Waals surface area (Å²) in [5.74, 6) is -0.378. The minimum atomic E-state index is -0.359. The van der Waals surface area contributed by atoms with Crippen LogP contribution in [0.1, 0.15) is 0 Å². The first-order valence-electron chi connectivity index (χ1n) is 7.18. The molecule has 0 fully saturated rings. The molecule has 0 spiro atoms. The number of hydrogen-bond acceptors (Lipinski definition) is 5. The molecule has 2 heterocycles. The van der Waals surface area contributed by atoms with Crippen molar-refractivity contribution >= 4 is 33.7 Å². The molecule has 4 N–H and O–H groups in total. The number of anilines is 2. The smallest absolute Gasteiger partial charge is 0.224 e. The number of rotatable bonds is 1. The van der Waals surface area contributed by atoms with Crippen molar-refractivity contribution in [3.8, 4) is 5.69 Å². The predicted molar refractivity (Wildman–Crippen MR) is 91.4 cm³/mol. The van der Waals surface area contributed by atoms with Gasteiger partial charge < -0.3 is 11.5 Å². The van der Waals surface area contributed by atoms with Gasteiger partial charge in [-0.3, -0.25) is 9.36 Å². The quantitative estimate of drug-likeness (QED) is 0.524. The van der Waals surface area contributed by atoms with Crippen molar-refractivity contribution < 1.29 is 4.39 Å². The number of nitrogens with two attached hydrogens (primary N) is 2. The zero-order valence-electron chi connectivity index (χ0n) is 12.4. The summed E-state index contributed by atoms with van der Waals surface area (Å²) in [5, 5.41) is 0.654. The zero-order valence-corrected chi connectivity index (χ0v) is 12.4. The van der Waals surface area contributed by atoms with Crippen LogP contribution in [-0.2, 0) is 0 Å². The first-order chi connectivity index (χ1) is 11.6. The maximum absolute atomic E-state index is 13.3.